The minimum atomic E-state index is -1.77. The Morgan fingerprint density at radius 3 is 2.35 bits per heavy atom. The molecule has 1 aliphatic rings. The molecule has 7 N–H and O–H groups in total. The van der Waals surface area contributed by atoms with Gasteiger partial charge in [0.25, 0.3) is 0 Å². The van der Waals surface area contributed by atoms with E-state index in [1.54, 1.807) is 12.1 Å². The predicted molar refractivity (Wildman–Crippen MR) is 106 cm³/mol. The van der Waals surface area contributed by atoms with Gasteiger partial charge in [0.2, 0.25) is 0 Å². The Morgan fingerprint density at radius 1 is 0.935 bits per heavy atom. The van der Waals surface area contributed by atoms with Crippen LogP contribution in [0.1, 0.15) is 11.7 Å². The minimum Gasteiger partial charge on any atom is -0.508 e. The van der Waals surface area contributed by atoms with E-state index in [1.165, 1.54) is 12.1 Å². The zero-order valence-corrected chi connectivity index (χ0v) is 15.9. The van der Waals surface area contributed by atoms with Gasteiger partial charge < -0.3 is 44.9 Å². The Balaban J connectivity index is 1.86. The van der Waals surface area contributed by atoms with Crippen LogP contribution >= 0.6 is 0 Å². The molecule has 0 amide bonds. The maximum Gasteiger partial charge on any atom is 0.197 e. The highest BCUT2D eigenvalue weighted by Gasteiger charge is 2.46. The normalized spacial score (nSPS) is 26.3. The molecule has 1 fully saturated rings. The average molecular weight is 432 g/mol. The molecule has 31 heavy (non-hydrogen) atoms. The lowest BCUT2D eigenvalue weighted by Gasteiger charge is -2.40. The number of ether oxygens (including phenoxy) is 1. The van der Waals surface area contributed by atoms with Crippen LogP contribution in [-0.4, -0.2) is 66.8 Å². The predicted octanol–water partition coefficient (Wildman–Crippen LogP) is 0.0917. The number of fused-ring (bicyclic) bond motifs is 1. The van der Waals surface area contributed by atoms with Gasteiger partial charge in [-0.25, -0.2) is 0 Å². The molecular weight excluding hydrogens is 412 g/mol. The number of rotatable bonds is 3. The third kappa shape index (κ3) is 3.50. The Morgan fingerprint density at radius 2 is 1.68 bits per heavy atom. The number of aliphatic hydroxyl groups is 4. The zero-order valence-electron chi connectivity index (χ0n) is 15.9. The lowest BCUT2D eigenvalue weighted by molar-refractivity contribution is -0.232. The molecule has 1 aliphatic heterocycles. The van der Waals surface area contributed by atoms with Gasteiger partial charge in [-0.3, -0.25) is 4.79 Å². The van der Waals surface area contributed by atoms with E-state index in [2.05, 4.69) is 0 Å². The van der Waals surface area contributed by atoms with Gasteiger partial charge in [0.05, 0.1) is 12.2 Å². The van der Waals surface area contributed by atoms with Gasteiger partial charge in [0.1, 0.15) is 64.5 Å². The second kappa shape index (κ2) is 7.84. The first-order valence-corrected chi connectivity index (χ1v) is 9.35. The summed E-state index contributed by atoms with van der Waals surface area (Å²) in [6.07, 6.45) is -7.97. The molecule has 10 heteroatoms. The van der Waals surface area contributed by atoms with Crippen LogP contribution in [0, 0.1) is 0 Å². The molecule has 3 aromatic rings. The Labute approximate surface area is 174 Å². The third-order valence-corrected chi connectivity index (χ3v) is 5.32. The molecule has 2 aromatic carbocycles. The minimum absolute atomic E-state index is 0.0519. The van der Waals surface area contributed by atoms with Gasteiger partial charge in [-0.15, -0.1) is 0 Å². The molecule has 0 aliphatic carbocycles. The lowest BCUT2D eigenvalue weighted by atomic mass is 9.89. The van der Waals surface area contributed by atoms with E-state index in [0.717, 1.165) is 12.1 Å². The summed E-state index contributed by atoms with van der Waals surface area (Å²) in [5.74, 6) is -1.32. The first-order valence-electron chi connectivity index (χ1n) is 9.35. The fourth-order valence-corrected chi connectivity index (χ4v) is 3.73. The van der Waals surface area contributed by atoms with Gasteiger partial charge in [0, 0.05) is 17.7 Å². The molecule has 0 bridgehead atoms. The van der Waals surface area contributed by atoms with Crippen molar-refractivity contribution in [1.29, 1.82) is 0 Å². The molecule has 10 nitrogen and oxygen atoms in total. The highest BCUT2D eigenvalue weighted by molar-refractivity contribution is 5.88. The largest absolute Gasteiger partial charge is 0.508 e. The third-order valence-electron chi connectivity index (χ3n) is 5.32. The van der Waals surface area contributed by atoms with Gasteiger partial charge in [-0.1, -0.05) is 12.1 Å². The van der Waals surface area contributed by atoms with Crippen molar-refractivity contribution in [3.05, 3.63) is 52.2 Å². The van der Waals surface area contributed by atoms with Crippen LogP contribution in [-0.2, 0) is 4.74 Å². The van der Waals surface area contributed by atoms with Crippen molar-refractivity contribution in [3.8, 4) is 28.6 Å². The topological polar surface area (TPSA) is 181 Å². The van der Waals surface area contributed by atoms with Crippen LogP contribution in [0.15, 0.2) is 45.6 Å². The summed E-state index contributed by atoms with van der Waals surface area (Å²) in [5.41, 5.74) is -0.866. The van der Waals surface area contributed by atoms with Crippen molar-refractivity contribution in [1.82, 2.24) is 0 Å². The molecule has 1 saturated heterocycles. The number of benzene rings is 2. The van der Waals surface area contributed by atoms with Crippen molar-refractivity contribution in [2.45, 2.75) is 30.5 Å². The van der Waals surface area contributed by atoms with Crippen molar-refractivity contribution >= 4 is 11.0 Å². The number of hydrogen-bond acceptors (Lipinski definition) is 10. The van der Waals surface area contributed by atoms with Crippen LogP contribution in [0.25, 0.3) is 22.3 Å². The summed E-state index contributed by atoms with van der Waals surface area (Å²) < 4.78 is 11.0. The Kier molecular flexibility index (Phi) is 5.33. The summed E-state index contributed by atoms with van der Waals surface area (Å²) in [6, 6.07) is 8.07. The van der Waals surface area contributed by atoms with E-state index in [1.807, 2.05) is 0 Å². The van der Waals surface area contributed by atoms with Crippen molar-refractivity contribution in [2.75, 3.05) is 6.61 Å². The van der Waals surface area contributed by atoms with Crippen LogP contribution in [0.3, 0.4) is 0 Å². The second-order valence-electron chi connectivity index (χ2n) is 7.31. The molecule has 1 aromatic heterocycles. The monoisotopic (exact) mass is 432 g/mol. The molecule has 0 spiro atoms. The lowest BCUT2D eigenvalue weighted by Crippen LogP contribution is -2.55. The summed E-state index contributed by atoms with van der Waals surface area (Å²) in [7, 11) is 0. The zero-order chi connectivity index (χ0) is 22.4. The van der Waals surface area contributed by atoms with Crippen molar-refractivity contribution < 1.29 is 44.9 Å². The van der Waals surface area contributed by atoms with E-state index in [0.29, 0.717) is 5.56 Å². The van der Waals surface area contributed by atoms with E-state index in [9.17, 15) is 40.5 Å². The molecule has 4 rings (SSSR count). The molecular formula is C21H20O10. The fourth-order valence-electron chi connectivity index (χ4n) is 3.73. The summed E-state index contributed by atoms with van der Waals surface area (Å²) in [4.78, 5) is 12.7. The maximum absolute atomic E-state index is 12.7. The van der Waals surface area contributed by atoms with Gasteiger partial charge >= 0.3 is 0 Å². The van der Waals surface area contributed by atoms with Gasteiger partial charge in [0.15, 0.2) is 5.43 Å². The summed E-state index contributed by atoms with van der Waals surface area (Å²) in [6.45, 7) is -0.702. The highest BCUT2D eigenvalue weighted by Crippen LogP contribution is 2.44. The van der Waals surface area contributed by atoms with Gasteiger partial charge in [-0.05, 0) is 12.1 Å². The SMILES string of the molecule is O=c1cc(-c2cccc(O)c2)oc2cc(O)c([C@@H]3O[C@H](CO)[C@@H](O)[C@H](O)[C@@H]3O)c(O)c12. The quantitative estimate of drug-likeness (QED) is 0.300. The smallest absolute Gasteiger partial charge is 0.197 e. The molecule has 5 atom stereocenters. The highest BCUT2D eigenvalue weighted by atomic mass is 16.5. The summed E-state index contributed by atoms with van der Waals surface area (Å²) >= 11 is 0. The van der Waals surface area contributed by atoms with Crippen molar-refractivity contribution in [3.63, 3.8) is 0 Å². The van der Waals surface area contributed by atoms with Crippen LogP contribution in [0.2, 0.25) is 0 Å². The van der Waals surface area contributed by atoms with E-state index in [4.69, 9.17) is 9.15 Å². The summed E-state index contributed by atoms with van der Waals surface area (Å²) in [5, 5.41) is 70.2. The Bertz CT molecular complexity index is 1180. The second-order valence-corrected chi connectivity index (χ2v) is 7.31. The molecule has 0 saturated carbocycles. The molecule has 164 valence electrons. The van der Waals surface area contributed by atoms with E-state index in [-0.39, 0.29) is 22.5 Å². The van der Waals surface area contributed by atoms with Crippen LogP contribution in [0.4, 0.5) is 0 Å². The number of aliphatic hydroxyl groups excluding tert-OH is 4. The van der Waals surface area contributed by atoms with Gasteiger partial charge in [-0.2, -0.15) is 0 Å². The number of phenolic OH excluding ortho intramolecular Hbond substituents is 3. The number of hydrogen-bond donors (Lipinski definition) is 7. The fraction of sp³-hybridized carbons (Fsp3) is 0.286. The number of phenols is 3. The standard InChI is InChI=1S/C21H20O10/c22-7-14-17(26)19(28)20(29)21(31-14)16-11(25)6-13-15(18(16)27)10(24)5-12(30-13)8-2-1-3-9(23)4-8/h1-6,14,17,19-23,25-29H,7H2/t14-,17-,19+,20+,21+/m1/s1. The van der Waals surface area contributed by atoms with E-state index >= 15 is 0 Å². The molecule has 0 unspecified atom stereocenters. The number of aromatic hydroxyl groups is 3. The first-order chi connectivity index (χ1) is 14.7. The van der Waals surface area contributed by atoms with E-state index < -0.39 is 59.6 Å². The van der Waals surface area contributed by atoms with Crippen LogP contribution in [0.5, 0.6) is 17.2 Å². The Hall–Kier alpha value is -3.15. The first kappa shape index (κ1) is 21.1. The van der Waals surface area contributed by atoms with Crippen LogP contribution < -0.4 is 5.43 Å². The molecule has 2 heterocycles. The maximum atomic E-state index is 12.7. The molecule has 0 radical (unpaired) electrons. The van der Waals surface area contributed by atoms with Crippen molar-refractivity contribution in [2.24, 2.45) is 0 Å². The average Bonchev–Trinajstić information content (AvgIpc) is 2.73.